The van der Waals surface area contributed by atoms with Gasteiger partial charge in [0.05, 0.1) is 0 Å². The molecule has 0 saturated carbocycles. The molecule has 2 aromatic carbocycles. The molecule has 0 atom stereocenters. The highest BCUT2D eigenvalue weighted by atomic mass is 19.1. The van der Waals surface area contributed by atoms with Crippen molar-refractivity contribution in [2.75, 3.05) is 19.7 Å². The summed E-state index contributed by atoms with van der Waals surface area (Å²) in [6.45, 7) is 3.16. The second kappa shape index (κ2) is 9.46. The van der Waals surface area contributed by atoms with Gasteiger partial charge in [0.1, 0.15) is 5.82 Å². The van der Waals surface area contributed by atoms with E-state index in [2.05, 4.69) is 16.3 Å². The Hall–Kier alpha value is -2.47. The van der Waals surface area contributed by atoms with E-state index in [4.69, 9.17) is 4.74 Å². The number of rotatable bonds is 7. The van der Waals surface area contributed by atoms with Crippen LogP contribution in [0.5, 0.6) is 5.75 Å². The van der Waals surface area contributed by atoms with Crippen molar-refractivity contribution < 1.29 is 18.3 Å². The molecule has 3 rings (SSSR count). The van der Waals surface area contributed by atoms with Gasteiger partial charge in [0.15, 0.2) is 18.2 Å². The summed E-state index contributed by atoms with van der Waals surface area (Å²) in [7, 11) is 0. The summed E-state index contributed by atoms with van der Waals surface area (Å²) < 4.78 is 31.5. The summed E-state index contributed by atoms with van der Waals surface area (Å²) in [5.41, 5.74) is 2.26. The molecule has 27 heavy (non-hydrogen) atoms. The smallest absolute Gasteiger partial charge is 0.258 e. The van der Waals surface area contributed by atoms with E-state index >= 15 is 0 Å². The molecule has 6 heteroatoms. The number of hydrogen-bond acceptors (Lipinski definition) is 3. The first-order chi connectivity index (χ1) is 13.1. The quantitative estimate of drug-likeness (QED) is 0.804. The highest BCUT2D eigenvalue weighted by Gasteiger charge is 2.13. The van der Waals surface area contributed by atoms with Gasteiger partial charge in [-0.05, 0) is 49.2 Å². The van der Waals surface area contributed by atoms with Crippen molar-refractivity contribution in [3.05, 3.63) is 65.2 Å². The van der Waals surface area contributed by atoms with Gasteiger partial charge in [0, 0.05) is 19.2 Å². The Kier molecular flexibility index (Phi) is 6.76. The molecular formula is C21H24F2N2O2. The normalized spacial score (nSPS) is 14.7. The number of benzene rings is 2. The SMILES string of the molecule is O=C(COc1ccc(F)cc1F)NCc1ccccc1CN1CCCCC1. The Bertz CT molecular complexity index is 777. The Morgan fingerprint density at radius 1 is 1.04 bits per heavy atom. The van der Waals surface area contributed by atoms with Gasteiger partial charge in [-0.15, -0.1) is 0 Å². The minimum absolute atomic E-state index is 0.142. The maximum absolute atomic E-state index is 13.5. The first-order valence-corrected chi connectivity index (χ1v) is 9.25. The highest BCUT2D eigenvalue weighted by Crippen LogP contribution is 2.18. The molecule has 1 heterocycles. The van der Waals surface area contributed by atoms with Crippen LogP contribution in [0, 0.1) is 11.6 Å². The van der Waals surface area contributed by atoms with Crippen LogP contribution in [-0.4, -0.2) is 30.5 Å². The van der Waals surface area contributed by atoms with Crippen LogP contribution in [0.15, 0.2) is 42.5 Å². The van der Waals surface area contributed by atoms with Crippen LogP contribution < -0.4 is 10.1 Å². The van der Waals surface area contributed by atoms with E-state index in [-0.39, 0.29) is 18.3 Å². The van der Waals surface area contributed by atoms with E-state index in [0.717, 1.165) is 37.3 Å². The number of ether oxygens (including phenoxy) is 1. The molecule has 0 bridgehead atoms. The molecule has 4 nitrogen and oxygen atoms in total. The fourth-order valence-electron chi connectivity index (χ4n) is 3.22. The minimum atomic E-state index is -0.824. The van der Waals surface area contributed by atoms with E-state index in [9.17, 15) is 13.6 Å². The number of carbonyl (C=O) groups is 1. The van der Waals surface area contributed by atoms with Gasteiger partial charge in [-0.25, -0.2) is 8.78 Å². The molecule has 0 spiro atoms. The predicted molar refractivity (Wildman–Crippen MR) is 99.3 cm³/mol. The molecule has 0 unspecified atom stereocenters. The molecule has 1 amide bonds. The van der Waals surface area contributed by atoms with Crippen molar-refractivity contribution in [1.29, 1.82) is 0 Å². The van der Waals surface area contributed by atoms with Gasteiger partial charge in [0.2, 0.25) is 0 Å². The zero-order valence-electron chi connectivity index (χ0n) is 15.2. The average Bonchev–Trinajstić information content (AvgIpc) is 2.67. The fraction of sp³-hybridized carbons (Fsp3) is 0.381. The summed E-state index contributed by atoms with van der Waals surface area (Å²) in [6.07, 6.45) is 3.76. The van der Waals surface area contributed by atoms with Crippen molar-refractivity contribution >= 4 is 5.91 Å². The summed E-state index contributed by atoms with van der Waals surface area (Å²) in [6, 6.07) is 11.0. The van der Waals surface area contributed by atoms with Crippen molar-refractivity contribution in [2.24, 2.45) is 0 Å². The van der Waals surface area contributed by atoms with Crippen molar-refractivity contribution in [3.8, 4) is 5.75 Å². The van der Waals surface area contributed by atoms with Gasteiger partial charge in [0.25, 0.3) is 5.91 Å². The summed E-state index contributed by atoms with van der Waals surface area (Å²) in [5.74, 6) is -2.01. The Morgan fingerprint density at radius 3 is 2.52 bits per heavy atom. The standard InChI is InChI=1S/C21H24F2N2O2/c22-18-8-9-20(19(23)12-18)27-15-21(26)24-13-16-6-2-3-7-17(16)14-25-10-4-1-5-11-25/h2-3,6-9,12H,1,4-5,10-11,13-15H2,(H,24,26). The average molecular weight is 374 g/mol. The van der Waals surface area contributed by atoms with Crippen LogP contribution in [0.2, 0.25) is 0 Å². The molecule has 1 N–H and O–H groups in total. The van der Waals surface area contributed by atoms with Crippen LogP contribution in [-0.2, 0) is 17.9 Å². The number of halogens is 2. The van der Waals surface area contributed by atoms with Crippen molar-refractivity contribution in [1.82, 2.24) is 10.2 Å². The first-order valence-electron chi connectivity index (χ1n) is 9.25. The summed E-state index contributed by atoms with van der Waals surface area (Å²) in [4.78, 5) is 14.5. The van der Waals surface area contributed by atoms with Crippen LogP contribution in [0.4, 0.5) is 8.78 Å². The van der Waals surface area contributed by atoms with Crippen molar-refractivity contribution in [3.63, 3.8) is 0 Å². The van der Waals surface area contributed by atoms with Crippen molar-refractivity contribution in [2.45, 2.75) is 32.4 Å². The number of likely N-dealkylation sites (tertiary alicyclic amines) is 1. The van der Waals surface area contributed by atoms with E-state index in [0.29, 0.717) is 6.54 Å². The lowest BCUT2D eigenvalue weighted by molar-refractivity contribution is -0.123. The number of nitrogens with one attached hydrogen (secondary N) is 1. The number of hydrogen-bond donors (Lipinski definition) is 1. The Balaban J connectivity index is 1.51. The molecular weight excluding hydrogens is 350 g/mol. The largest absolute Gasteiger partial charge is 0.481 e. The van der Waals surface area contributed by atoms with Gasteiger partial charge in [-0.1, -0.05) is 30.7 Å². The third-order valence-corrected chi connectivity index (χ3v) is 4.69. The van der Waals surface area contributed by atoms with E-state index in [1.165, 1.54) is 30.9 Å². The lowest BCUT2D eigenvalue weighted by Crippen LogP contribution is -2.31. The molecule has 1 aliphatic heterocycles. The zero-order valence-corrected chi connectivity index (χ0v) is 15.2. The summed E-state index contributed by atoms with van der Waals surface area (Å²) >= 11 is 0. The van der Waals surface area contributed by atoms with E-state index in [1.54, 1.807) is 0 Å². The second-order valence-corrected chi connectivity index (χ2v) is 6.75. The lowest BCUT2D eigenvalue weighted by atomic mass is 10.0. The molecule has 1 saturated heterocycles. The first kappa shape index (κ1) is 19.3. The van der Waals surface area contributed by atoms with Gasteiger partial charge in [-0.3, -0.25) is 9.69 Å². The number of carbonyl (C=O) groups excluding carboxylic acids is 1. The second-order valence-electron chi connectivity index (χ2n) is 6.75. The van der Waals surface area contributed by atoms with E-state index < -0.39 is 11.6 Å². The highest BCUT2D eigenvalue weighted by molar-refractivity contribution is 5.77. The Labute approximate surface area is 158 Å². The molecule has 1 aliphatic rings. The van der Waals surface area contributed by atoms with Gasteiger partial charge >= 0.3 is 0 Å². The fourth-order valence-corrected chi connectivity index (χ4v) is 3.22. The minimum Gasteiger partial charge on any atom is -0.481 e. The maximum Gasteiger partial charge on any atom is 0.258 e. The maximum atomic E-state index is 13.5. The topological polar surface area (TPSA) is 41.6 Å². The number of nitrogens with zero attached hydrogens (tertiary/aromatic N) is 1. The van der Waals surface area contributed by atoms with Gasteiger partial charge in [-0.2, -0.15) is 0 Å². The number of piperidine rings is 1. The van der Waals surface area contributed by atoms with Gasteiger partial charge < -0.3 is 10.1 Å². The van der Waals surface area contributed by atoms with E-state index in [1.807, 2.05) is 18.2 Å². The summed E-state index contributed by atoms with van der Waals surface area (Å²) in [5, 5.41) is 2.80. The molecule has 0 aliphatic carbocycles. The van der Waals surface area contributed by atoms with Crippen LogP contribution in [0.25, 0.3) is 0 Å². The lowest BCUT2D eigenvalue weighted by Gasteiger charge is -2.27. The van der Waals surface area contributed by atoms with Crippen LogP contribution in [0.3, 0.4) is 0 Å². The molecule has 0 radical (unpaired) electrons. The van der Waals surface area contributed by atoms with Crippen LogP contribution in [0.1, 0.15) is 30.4 Å². The predicted octanol–water partition coefficient (Wildman–Crippen LogP) is 3.65. The zero-order chi connectivity index (χ0) is 19.1. The molecule has 144 valence electrons. The number of amides is 1. The Morgan fingerprint density at radius 2 is 1.78 bits per heavy atom. The monoisotopic (exact) mass is 374 g/mol. The molecule has 1 fully saturated rings. The van der Waals surface area contributed by atoms with Crippen LogP contribution >= 0.6 is 0 Å². The molecule has 2 aromatic rings. The third kappa shape index (κ3) is 5.76. The third-order valence-electron chi connectivity index (χ3n) is 4.69. The molecule has 0 aromatic heterocycles.